The smallest absolute Gasteiger partial charge is 0.336 e. The maximum Gasteiger partial charge on any atom is 0.433 e. The van der Waals surface area contributed by atoms with Crippen molar-refractivity contribution in [3.63, 3.8) is 0 Å². The van der Waals surface area contributed by atoms with E-state index in [-0.39, 0.29) is 63.9 Å². The Balaban J connectivity index is 1.30. The number of nitrogens with zero attached hydrogens (tertiary/aromatic N) is 4. The zero-order valence-corrected chi connectivity index (χ0v) is 23.5. The van der Waals surface area contributed by atoms with Gasteiger partial charge in [0.15, 0.2) is 0 Å². The highest BCUT2D eigenvalue weighted by Gasteiger charge is 2.72. The van der Waals surface area contributed by atoms with Crippen molar-refractivity contribution in [2.75, 3.05) is 13.1 Å². The summed E-state index contributed by atoms with van der Waals surface area (Å²) in [6, 6.07) is 4.04. The van der Waals surface area contributed by atoms with Crippen LogP contribution in [0.5, 0.6) is 0 Å². The van der Waals surface area contributed by atoms with Gasteiger partial charge >= 0.3 is 6.18 Å². The Labute approximate surface area is 237 Å². The molecule has 2 N–H and O–H groups in total. The molecule has 0 radical (unpaired) electrons. The topological polar surface area (TPSA) is 109 Å². The molecule has 3 amide bonds. The summed E-state index contributed by atoms with van der Waals surface area (Å²) in [6.07, 6.45) is -1.39. The van der Waals surface area contributed by atoms with E-state index < -0.39 is 17.8 Å². The summed E-state index contributed by atoms with van der Waals surface area (Å²) >= 11 is 1.23. The summed E-state index contributed by atoms with van der Waals surface area (Å²) < 4.78 is 42.3. The molecule has 8 nitrogen and oxygen atoms in total. The summed E-state index contributed by atoms with van der Waals surface area (Å²) in [4.78, 5) is 51.6. The van der Waals surface area contributed by atoms with Crippen molar-refractivity contribution in [1.29, 1.82) is 0 Å². The van der Waals surface area contributed by atoms with Crippen molar-refractivity contribution in [3.8, 4) is 11.3 Å². The van der Waals surface area contributed by atoms with E-state index in [0.717, 1.165) is 18.9 Å². The number of amides is 3. The Morgan fingerprint density at radius 1 is 1.17 bits per heavy atom. The third-order valence-corrected chi connectivity index (χ3v) is 10.7. The lowest BCUT2D eigenvalue weighted by molar-refractivity contribution is -0.144. The first-order valence-corrected chi connectivity index (χ1v) is 14.4. The van der Waals surface area contributed by atoms with Crippen LogP contribution < -0.4 is 5.73 Å². The number of aromatic nitrogens is 2. The number of carbonyl (C=O) groups excluding carboxylic acids is 3. The number of piperidine rings is 1. The number of fused-ring (bicyclic) bond motifs is 2. The molecule has 214 valence electrons. The predicted molar refractivity (Wildman–Crippen MR) is 144 cm³/mol. The molecule has 0 bridgehead atoms. The lowest BCUT2D eigenvalue weighted by atomic mass is 9.99. The SMILES string of the molecule is Cc1cc(C(F)(F)F)nc(-c2ccnc3cc(CN4C(=O)C5C(C4=O)C5(C)C)sc23)c1C(=O)N1CC(N)C2(CC2)C1. The second-order valence-electron chi connectivity index (χ2n) is 12.5. The molecule has 2 aliphatic carbocycles. The second-order valence-corrected chi connectivity index (χ2v) is 13.7. The van der Waals surface area contributed by atoms with Crippen molar-refractivity contribution in [2.45, 2.75) is 52.4 Å². The number of thiophene rings is 1. The van der Waals surface area contributed by atoms with E-state index >= 15 is 0 Å². The van der Waals surface area contributed by atoms with Crippen molar-refractivity contribution < 1.29 is 27.6 Å². The molecule has 3 aromatic heterocycles. The van der Waals surface area contributed by atoms with E-state index in [1.54, 1.807) is 17.0 Å². The molecule has 2 saturated heterocycles. The number of pyridine rings is 2. The number of hydrogen-bond acceptors (Lipinski definition) is 7. The minimum atomic E-state index is -4.72. The number of aryl methyl sites for hydroxylation is 1. The Morgan fingerprint density at radius 3 is 2.46 bits per heavy atom. The summed E-state index contributed by atoms with van der Waals surface area (Å²) in [6.45, 7) is 6.19. The molecule has 0 aromatic carbocycles. The lowest BCUT2D eigenvalue weighted by Gasteiger charge is -2.21. The van der Waals surface area contributed by atoms with Crippen LogP contribution in [0.3, 0.4) is 0 Å². The average Bonchev–Trinajstić information content (AvgIpc) is 3.63. The molecule has 1 spiro atoms. The average molecular weight is 584 g/mol. The maximum atomic E-state index is 13.9. The van der Waals surface area contributed by atoms with Crippen LogP contribution >= 0.6 is 11.3 Å². The summed E-state index contributed by atoms with van der Waals surface area (Å²) in [7, 11) is 0. The molecule has 41 heavy (non-hydrogen) atoms. The molecule has 4 aliphatic rings. The van der Waals surface area contributed by atoms with E-state index in [0.29, 0.717) is 33.7 Å². The monoisotopic (exact) mass is 583 g/mol. The van der Waals surface area contributed by atoms with Gasteiger partial charge in [-0.3, -0.25) is 24.3 Å². The highest BCUT2D eigenvalue weighted by Crippen LogP contribution is 2.63. The Morgan fingerprint density at radius 2 is 1.85 bits per heavy atom. The van der Waals surface area contributed by atoms with Crippen LogP contribution in [-0.2, 0) is 22.3 Å². The van der Waals surface area contributed by atoms with E-state index in [1.165, 1.54) is 29.4 Å². The van der Waals surface area contributed by atoms with Gasteiger partial charge < -0.3 is 10.6 Å². The molecule has 3 aromatic rings. The van der Waals surface area contributed by atoms with Gasteiger partial charge in [0, 0.05) is 41.2 Å². The summed E-state index contributed by atoms with van der Waals surface area (Å²) in [5.41, 5.74) is 5.86. The Hall–Kier alpha value is -3.38. The van der Waals surface area contributed by atoms with Crippen molar-refractivity contribution in [2.24, 2.45) is 28.4 Å². The maximum absolute atomic E-state index is 13.9. The van der Waals surface area contributed by atoms with Gasteiger partial charge in [0.1, 0.15) is 5.69 Å². The first-order valence-electron chi connectivity index (χ1n) is 13.6. The molecule has 3 atom stereocenters. The number of hydrogen-bond donors (Lipinski definition) is 1. The molecular formula is C29H28F3N5O3S. The number of likely N-dealkylation sites (tertiary alicyclic amines) is 2. The number of carbonyl (C=O) groups is 3. The minimum absolute atomic E-state index is 0.0650. The zero-order valence-electron chi connectivity index (χ0n) is 22.7. The summed E-state index contributed by atoms with van der Waals surface area (Å²) in [5.74, 6) is -1.41. The van der Waals surface area contributed by atoms with E-state index in [4.69, 9.17) is 5.73 Å². The third-order valence-electron chi connectivity index (χ3n) is 9.53. The number of nitrogens with two attached hydrogens (primary N) is 1. The normalized spacial score (nSPS) is 25.9. The highest BCUT2D eigenvalue weighted by atomic mass is 32.1. The van der Waals surface area contributed by atoms with Crippen LogP contribution in [-0.4, -0.2) is 56.6 Å². The van der Waals surface area contributed by atoms with E-state index in [2.05, 4.69) is 9.97 Å². The van der Waals surface area contributed by atoms with Crippen LogP contribution in [0.2, 0.25) is 0 Å². The molecule has 3 unspecified atom stereocenters. The Kier molecular flexibility index (Phi) is 5.40. The number of alkyl halides is 3. The quantitative estimate of drug-likeness (QED) is 0.457. The third kappa shape index (κ3) is 3.86. The van der Waals surface area contributed by atoms with Gasteiger partial charge in [0.05, 0.1) is 39.9 Å². The van der Waals surface area contributed by atoms with Gasteiger partial charge in [-0.2, -0.15) is 13.2 Å². The molecule has 7 rings (SSSR count). The number of halogens is 3. The van der Waals surface area contributed by atoms with Crippen molar-refractivity contribution in [1.82, 2.24) is 19.8 Å². The van der Waals surface area contributed by atoms with Crippen LogP contribution in [0.25, 0.3) is 21.5 Å². The fourth-order valence-corrected chi connectivity index (χ4v) is 7.96. The Bertz CT molecular complexity index is 1650. The molecule has 5 heterocycles. The number of imide groups is 1. The minimum Gasteiger partial charge on any atom is -0.336 e. The van der Waals surface area contributed by atoms with Gasteiger partial charge in [-0.25, -0.2) is 4.98 Å². The first kappa shape index (κ1) is 26.5. The fraction of sp³-hybridized carbons (Fsp3) is 0.483. The van der Waals surface area contributed by atoms with Gasteiger partial charge in [-0.05, 0) is 48.9 Å². The highest BCUT2D eigenvalue weighted by molar-refractivity contribution is 7.19. The van der Waals surface area contributed by atoms with Gasteiger partial charge in [-0.15, -0.1) is 11.3 Å². The lowest BCUT2D eigenvalue weighted by Crippen LogP contribution is -2.35. The second kappa shape index (κ2) is 8.34. The van der Waals surface area contributed by atoms with Crippen molar-refractivity contribution in [3.05, 3.63) is 46.1 Å². The molecule has 2 aliphatic heterocycles. The predicted octanol–water partition coefficient (Wildman–Crippen LogP) is 4.39. The zero-order chi connectivity index (χ0) is 29.2. The van der Waals surface area contributed by atoms with Crippen LogP contribution in [0.4, 0.5) is 13.2 Å². The first-order chi connectivity index (χ1) is 19.2. The van der Waals surface area contributed by atoms with Crippen LogP contribution in [0.1, 0.15) is 53.2 Å². The fourth-order valence-electron chi connectivity index (χ4n) is 6.85. The molecule has 4 fully saturated rings. The summed E-state index contributed by atoms with van der Waals surface area (Å²) in [5, 5.41) is 0. The standard InChI is InChI=1S/C29H28F3N5O3S/c1-13-8-18(29(30,31)32)35-22(19(13)24(38)36-11-17(33)28(12-36)5-6-28)15-4-7-34-16-9-14(41-23(15)16)10-37-25(39)20-21(26(37)40)27(20,2)3/h4,7-9,17,20-21H,5-6,10-12,33H2,1-3H3. The van der Waals surface area contributed by atoms with E-state index in [1.807, 2.05) is 13.8 Å². The van der Waals surface area contributed by atoms with Gasteiger partial charge in [0.2, 0.25) is 11.8 Å². The van der Waals surface area contributed by atoms with Crippen LogP contribution in [0, 0.1) is 29.6 Å². The van der Waals surface area contributed by atoms with Crippen molar-refractivity contribution >= 4 is 39.3 Å². The van der Waals surface area contributed by atoms with Crippen LogP contribution in [0.15, 0.2) is 24.4 Å². The van der Waals surface area contributed by atoms with E-state index in [9.17, 15) is 27.6 Å². The van der Waals surface area contributed by atoms with Gasteiger partial charge in [0.25, 0.3) is 5.91 Å². The molecule has 2 saturated carbocycles. The largest absolute Gasteiger partial charge is 0.433 e. The molecule has 12 heteroatoms. The number of rotatable bonds is 4. The van der Waals surface area contributed by atoms with Gasteiger partial charge in [-0.1, -0.05) is 13.8 Å². The molecular weight excluding hydrogens is 555 g/mol.